The molecule has 0 amide bonds. The highest BCUT2D eigenvalue weighted by Crippen LogP contribution is 2.22. The number of unbranched alkanes of at least 4 members (excludes halogenated alkanes) is 3. The highest BCUT2D eigenvalue weighted by atomic mass is 19.1. The van der Waals surface area contributed by atoms with Crippen molar-refractivity contribution in [2.75, 3.05) is 0 Å². The molecule has 2 rings (SSSR count). The predicted octanol–water partition coefficient (Wildman–Crippen LogP) is 5.41. The predicted molar refractivity (Wildman–Crippen MR) is 76.5 cm³/mol. The molecule has 0 atom stereocenters. The topological polar surface area (TPSA) is 0 Å². The quantitative estimate of drug-likeness (QED) is 0.617. The third kappa shape index (κ3) is 3.10. The molecule has 0 aliphatic heterocycles. The van der Waals surface area contributed by atoms with Crippen molar-refractivity contribution in [2.45, 2.75) is 46.0 Å². The van der Waals surface area contributed by atoms with Crippen LogP contribution in [0.25, 0.3) is 10.8 Å². The van der Waals surface area contributed by atoms with Crippen LogP contribution in [0, 0.1) is 12.7 Å². The maximum Gasteiger partial charge on any atom is 0.131 e. The average molecular weight is 244 g/mol. The molecule has 1 heteroatoms. The Balaban J connectivity index is 2.18. The fourth-order valence-electron chi connectivity index (χ4n) is 2.38. The Morgan fingerprint density at radius 2 is 1.83 bits per heavy atom. The van der Waals surface area contributed by atoms with Crippen molar-refractivity contribution in [3.63, 3.8) is 0 Å². The van der Waals surface area contributed by atoms with Gasteiger partial charge in [-0.05, 0) is 42.8 Å². The monoisotopic (exact) mass is 244 g/mol. The number of benzene rings is 2. The first-order valence-electron chi connectivity index (χ1n) is 6.89. The van der Waals surface area contributed by atoms with Crippen molar-refractivity contribution in [3.05, 3.63) is 47.3 Å². The Bertz CT molecular complexity index is 528. The van der Waals surface area contributed by atoms with Gasteiger partial charge in [0.2, 0.25) is 0 Å². The summed E-state index contributed by atoms with van der Waals surface area (Å²) in [5, 5.41) is 1.76. The number of fused-ring (bicyclic) bond motifs is 1. The molecule has 0 nitrogen and oxygen atoms in total. The summed E-state index contributed by atoms with van der Waals surface area (Å²) in [5.74, 6) is -0.0818. The van der Waals surface area contributed by atoms with Gasteiger partial charge in [0.25, 0.3) is 0 Å². The number of rotatable bonds is 5. The number of hydrogen-bond acceptors (Lipinski definition) is 0. The zero-order valence-corrected chi connectivity index (χ0v) is 11.3. The van der Waals surface area contributed by atoms with Crippen LogP contribution in [-0.2, 0) is 6.42 Å². The molecule has 0 radical (unpaired) electrons. The van der Waals surface area contributed by atoms with Crippen LogP contribution in [0.3, 0.4) is 0 Å². The Morgan fingerprint density at radius 3 is 2.61 bits per heavy atom. The molecule has 2 aromatic rings. The molecule has 96 valence electrons. The van der Waals surface area contributed by atoms with E-state index in [1.807, 2.05) is 25.1 Å². The first kappa shape index (κ1) is 13.1. The van der Waals surface area contributed by atoms with Crippen LogP contribution in [0.5, 0.6) is 0 Å². The molecule has 0 heterocycles. The summed E-state index contributed by atoms with van der Waals surface area (Å²) in [6.45, 7) is 4.20. The van der Waals surface area contributed by atoms with E-state index in [0.29, 0.717) is 0 Å². The molecule has 0 fully saturated rings. The minimum Gasteiger partial charge on any atom is -0.206 e. The van der Waals surface area contributed by atoms with Gasteiger partial charge in [0, 0.05) is 5.39 Å². The molecule has 0 saturated carbocycles. The molecular formula is C17H21F. The lowest BCUT2D eigenvalue weighted by molar-refractivity contribution is 0.632. The minimum atomic E-state index is -0.0818. The fourth-order valence-corrected chi connectivity index (χ4v) is 2.38. The van der Waals surface area contributed by atoms with Gasteiger partial charge in [0.15, 0.2) is 0 Å². The molecule has 0 bridgehead atoms. The second-order valence-corrected chi connectivity index (χ2v) is 5.11. The summed E-state index contributed by atoms with van der Waals surface area (Å²) in [5.41, 5.74) is 2.23. The van der Waals surface area contributed by atoms with E-state index in [1.54, 1.807) is 6.07 Å². The van der Waals surface area contributed by atoms with Gasteiger partial charge in [0.1, 0.15) is 5.82 Å². The summed E-state index contributed by atoms with van der Waals surface area (Å²) < 4.78 is 14.0. The highest BCUT2D eigenvalue weighted by Gasteiger charge is 2.04. The second-order valence-electron chi connectivity index (χ2n) is 5.11. The summed E-state index contributed by atoms with van der Waals surface area (Å²) in [6, 6.07) is 9.81. The van der Waals surface area contributed by atoms with Gasteiger partial charge in [-0.2, -0.15) is 0 Å². The van der Waals surface area contributed by atoms with Gasteiger partial charge in [-0.1, -0.05) is 49.9 Å². The van der Waals surface area contributed by atoms with Gasteiger partial charge in [-0.3, -0.25) is 0 Å². The third-order valence-electron chi connectivity index (χ3n) is 3.44. The Labute approximate surface area is 109 Å². The molecule has 0 N–H and O–H groups in total. The standard InChI is InChI=1S/C17H21F/c1-3-4-5-6-7-14-11-15-9-8-13(2)10-16(15)17(18)12-14/h8-12H,3-7H2,1-2H3. The van der Waals surface area contributed by atoms with Crippen molar-refractivity contribution in [1.29, 1.82) is 0 Å². The van der Waals surface area contributed by atoms with Crippen molar-refractivity contribution in [2.24, 2.45) is 0 Å². The normalized spacial score (nSPS) is 11.1. The number of aryl methyl sites for hydroxylation is 2. The smallest absolute Gasteiger partial charge is 0.131 e. The van der Waals surface area contributed by atoms with Gasteiger partial charge in [0.05, 0.1) is 0 Å². The lowest BCUT2D eigenvalue weighted by Crippen LogP contribution is -1.90. The molecule has 2 aromatic carbocycles. The SMILES string of the molecule is CCCCCCc1cc(F)c2cc(C)ccc2c1. The molecule has 0 unspecified atom stereocenters. The number of halogens is 1. The van der Waals surface area contributed by atoms with E-state index in [1.165, 1.54) is 19.3 Å². The summed E-state index contributed by atoms with van der Waals surface area (Å²) in [4.78, 5) is 0. The van der Waals surface area contributed by atoms with E-state index < -0.39 is 0 Å². The lowest BCUT2D eigenvalue weighted by Gasteiger charge is -2.06. The van der Waals surface area contributed by atoms with E-state index >= 15 is 0 Å². The lowest BCUT2D eigenvalue weighted by atomic mass is 10.0. The molecule has 0 aromatic heterocycles. The van der Waals surface area contributed by atoms with E-state index in [2.05, 4.69) is 13.0 Å². The Morgan fingerprint density at radius 1 is 1.00 bits per heavy atom. The van der Waals surface area contributed by atoms with Crippen LogP contribution in [-0.4, -0.2) is 0 Å². The van der Waals surface area contributed by atoms with Crippen molar-refractivity contribution < 1.29 is 4.39 Å². The summed E-state index contributed by atoms with van der Waals surface area (Å²) in [7, 11) is 0. The highest BCUT2D eigenvalue weighted by molar-refractivity contribution is 5.84. The Kier molecular flexibility index (Phi) is 4.35. The molecule has 0 saturated heterocycles. The van der Waals surface area contributed by atoms with Crippen LogP contribution in [0.15, 0.2) is 30.3 Å². The van der Waals surface area contributed by atoms with Crippen LogP contribution in [0.4, 0.5) is 4.39 Å². The van der Waals surface area contributed by atoms with Crippen LogP contribution in [0.1, 0.15) is 43.7 Å². The average Bonchev–Trinajstić information content (AvgIpc) is 2.36. The van der Waals surface area contributed by atoms with Gasteiger partial charge in [-0.15, -0.1) is 0 Å². The van der Waals surface area contributed by atoms with E-state index in [0.717, 1.165) is 34.7 Å². The first-order chi connectivity index (χ1) is 8.70. The minimum absolute atomic E-state index is 0.0818. The zero-order valence-electron chi connectivity index (χ0n) is 11.3. The Hall–Kier alpha value is -1.37. The van der Waals surface area contributed by atoms with Gasteiger partial charge < -0.3 is 0 Å². The van der Waals surface area contributed by atoms with Crippen LogP contribution < -0.4 is 0 Å². The second kappa shape index (κ2) is 5.99. The van der Waals surface area contributed by atoms with Crippen LogP contribution >= 0.6 is 0 Å². The summed E-state index contributed by atoms with van der Waals surface area (Å²) >= 11 is 0. The molecule has 0 spiro atoms. The fraction of sp³-hybridized carbons (Fsp3) is 0.412. The number of hydrogen-bond donors (Lipinski definition) is 0. The molecular weight excluding hydrogens is 223 g/mol. The van der Waals surface area contributed by atoms with Crippen LogP contribution in [0.2, 0.25) is 0 Å². The molecule has 0 aliphatic rings. The maximum absolute atomic E-state index is 14.0. The zero-order chi connectivity index (χ0) is 13.0. The van der Waals surface area contributed by atoms with Crippen molar-refractivity contribution in [1.82, 2.24) is 0 Å². The van der Waals surface area contributed by atoms with E-state index in [4.69, 9.17) is 0 Å². The van der Waals surface area contributed by atoms with Crippen molar-refractivity contribution in [3.8, 4) is 0 Å². The van der Waals surface area contributed by atoms with E-state index in [-0.39, 0.29) is 5.82 Å². The maximum atomic E-state index is 14.0. The van der Waals surface area contributed by atoms with Gasteiger partial charge >= 0.3 is 0 Å². The van der Waals surface area contributed by atoms with Gasteiger partial charge in [-0.25, -0.2) is 4.39 Å². The first-order valence-corrected chi connectivity index (χ1v) is 6.89. The van der Waals surface area contributed by atoms with E-state index in [9.17, 15) is 4.39 Å². The van der Waals surface area contributed by atoms with Crippen molar-refractivity contribution >= 4 is 10.8 Å². The molecule has 18 heavy (non-hydrogen) atoms. The third-order valence-corrected chi connectivity index (χ3v) is 3.44. The molecule has 0 aliphatic carbocycles. The summed E-state index contributed by atoms with van der Waals surface area (Å²) in [6.07, 6.45) is 5.90. The largest absolute Gasteiger partial charge is 0.206 e.